The fourth-order valence-electron chi connectivity index (χ4n) is 3.13. The van der Waals surface area contributed by atoms with E-state index in [1.807, 2.05) is 19.1 Å². The number of benzene rings is 1. The molecule has 22 heavy (non-hydrogen) atoms. The van der Waals surface area contributed by atoms with Crippen molar-refractivity contribution in [1.82, 2.24) is 0 Å². The van der Waals surface area contributed by atoms with E-state index in [4.69, 9.17) is 9.47 Å². The van der Waals surface area contributed by atoms with Crippen LogP contribution in [0.4, 0.5) is 0 Å². The Bertz CT molecular complexity index is 412. The van der Waals surface area contributed by atoms with Crippen molar-refractivity contribution in [2.45, 2.75) is 70.7 Å². The average molecular weight is 322 g/mol. The molecule has 1 aliphatic rings. The molecule has 3 unspecified atom stereocenters. The van der Waals surface area contributed by atoms with Gasteiger partial charge in [0, 0.05) is 0 Å². The first-order valence-electron chi connectivity index (χ1n) is 8.83. The van der Waals surface area contributed by atoms with Crippen LogP contribution in [0.1, 0.15) is 70.0 Å². The molecule has 0 saturated heterocycles. The third-order valence-corrected chi connectivity index (χ3v) is 5.51. The van der Waals surface area contributed by atoms with Gasteiger partial charge in [-0.15, -0.1) is 9.24 Å². The Labute approximate surface area is 138 Å². The van der Waals surface area contributed by atoms with Crippen LogP contribution in [0.3, 0.4) is 0 Å². The Kier molecular flexibility index (Phi) is 7.69. The zero-order valence-corrected chi connectivity index (χ0v) is 15.2. The summed E-state index contributed by atoms with van der Waals surface area (Å²) in [6.45, 7) is 5.00. The monoisotopic (exact) mass is 322 g/mol. The largest absolute Gasteiger partial charge is 0.465 e. The summed E-state index contributed by atoms with van der Waals surface area (Å²) in [5.41, 5.74) is 1.86. The predicted molar refractivity (Wildman–Crippen MR) is 96.4 cm³/mol. The number of rotatable bonds is 8. The Balaban J connectivity index is 1.68. The first-order valence-corrected chi connectivity index (χ1v) is 9.49. The molecular weight excluding hydrogens is 291 g/mol. The summed E-state index contributed by atoms with van der Waals surface area (Å²) in [5.74, 6) is 1.76. The van der Waals surface area contributed by atoms with Crippen LogP contribution in [-0.2, 0) is 4.74 Å². The molecule has 0 aliphatic heterocycles. The van der Waals surface area contributed by atoms with Crippen LogP contribution in [0.5, 0.6) is 5.75 Å². The lowest BCUT2D eigenvalue weighted by atomic mass is 9.87. The van der Waals surface area contributed by atoms with Crippen molar-refractivity contribution in [3.8, 4) is 5.75 Å². The van der Waals surface area contributed by atoms with Crippen molar-refractivity contribution in [3.63, 3.8) is 0 Å². The van der Waals surface area contributed by atoms with E-state index in [-0.39, 0.29) is 6.29 Å². The molecule has 1 aliphatic carbocycles. The van der Waals surface area contributed by atoms with Gasteiger partial charge >= 0.3 is 0 Å². The fourth-order valence-corrected chi connectivity index (χ4v) is 3.35. The predicted octanol–water partition coefficient (Wildman–Crippen LogP) is 5.72. The Hall–Kier alpha value is -0.590. The molecule has 0 heterocycles. The molecule has 2 rings (SSSR count). The molecule has 3 atom stereocenters. The molecule has 0 radical (unpaired) electrons. The lowest BCUT2D eigenvalue weighted by Gasteiger charge is -2.22. The fraction of sp³-hybridized carbons (Fsp3) is 0.684. The van der Waals surface area contributed by atoms with Gasteiger partial charge in [-0.05, 0) is 49.0 Å². The van der Waals surface area contributed by atoms with Crippen molar-refractivity contribution < 1.29 is 9.47 Å². The van der Waals surface area contributed by atoms with Gasteiger partial charge in [0.2, 0.25) is 0 Å². The van der Waals surface area contributed by atoms with Crippen molar-refractivity contribution in [2.24, 2.45) is 5.92 Å². The first kappa shape index (κ1) is 17.8. The summed E-state index contributed by atoms with van der Waals surface area (Å²) in [6.07, 6.45) is 9.12. The molecule has 0 bridgehead atoms. The summed E-state index contributed by atoms with van der Waals surface area (Å²) < 4.78 is 11.7. The van der Waals surface area contributed by atoms with Crippen molar-refractivity contribution >= 4 is 9.24 Å². The Morgan fingerprint density at radius 1 is 1.14 bits per heavy atom. The highest BCUT2D eigenvalue weighted by atomic mass is 31.0. The van der Waals surface area contributed by atoms with Gasteiger partial charge in [-0.1, -0.05) is 51.2 Å². The normalized spacial score (nSPS) is 18.9. The second-order valence-electron chi connectivity index (χ2n) is 6.43. The molecule has 1 aromatic rings. The van der Waals surface area contributed by atoms with E-state index in [0.29, 0.717) is 5.66 Å². The van der Waals surface area contributed by atoms with Gasteiger partial charge in [0.25, 0.3) is 0 Å². The standard InChI is InChI=1S/C19H31O2P/c1-3-19(22)17-9-11-18(12-10-17)21-15(2)20-14-13-16-7-5-4-6-8-16/h9-12,15-16,19H,3-8,13-14,22H2,1-2H3. The smallest absolute Gasteiger partial charge is 0.196 e. The minimum atomic E-state index is -0.174. The number of ether oxygens (including phenoxy) is 2. The molecule has 1 fully saturated rings. The van der Waals surface area contributed by atoms with Gasteiger partial charge in [0.1, 0.15) is 5.75 Å². The maximum atomic E-state index is 5.84. The number of hydrogen-bond donors (Lipinski definition) is 0. The van der Waals surface area contributed by atoms with Crippen LogP contribution in [0, 0.1) is 5.92 Å². The molecule has 2 nitrogen and oxygen atoms in total. The van der Waals surface area contributed by atoms with Crippen LogP contribution in [-0.4, -0.2) is 12.9 Å². The SMILES string of the molecule is CCC(P)c1ccc(OC(C)OCCC2CCCCC2)cc1. The molecular formula is C19H31O2P. The van der Waals surface area contributed by atoms with E-state index in [9.17, 15) is 0 Å². The summed E-state index contributed by atoms with van der Waals surface area (Å²) in [4.78, 5) is 0. The average Bonchev–Trinajstić information content (AvgIpc) is 2.56. The molecule has 3 heteroatoms. The highest BCUT2D eigenvalue weighted by Gasteiger charge is 2.14. The lowest BCUT2D eigenvalue weighted by Crippen LogP contribution is -2.19. The van der Waals surface area contributed by atoms with E-state index < -0.39 is 0 Å². The highest BCUT2D eigenvalue weighted by Crippen LogP contribution is 2.28. The quantitative estimate of drug-likeness (QED) is 0.450. The van der Waals surface area contributed by atoms with Crippen molar-refractivity contribution in [1.29, 1.82) is 0 Å². The summed E-state index contributed by atoms with van der Waals surface area (Å²) in [5, 5.41) is 0. The zero-order valence-electron chi connectivity index (χ0n) is 14.1. The number of hydrogen-bond acceptors (Lipinski definition) is 2. The van der Waals surface area contributed by atoms with E-state index in [2.05, 4.69) is 28.3 Å². The van der Waals surface area contributed by atoms with Gasteiger partial charge in [-0.3, -0.25) is 0 Å². The van der Waals surface area contributed by atoms with Crippen LogP contribution in [0.25, 0.3) is 0 Å². The van der Waals surface area contributed by atoms with E-state index >= 15 is 0 Å². The molecule has 1 saturated carbocycles. The second kappa shape index (κ2) is 9.53. The first-order chi connectivity index (χ1) is 10.7. The molecule has 0 N–H and O–H groups in total. The van der Waals surface area contributed by atoms with Gasteiger partial charge in [-0.25, -0.2) is 0 Å². The highest BCUT2D eigenvalue weighted by molar-refractivity contribution is 7.17. The minimum absolute atomic E-state index is 0.174. The minimum Gasteiger partial charge on any atom is -0.465 e. The van der Waals surface area contributed by atoms with Crippen LogP contribution >= 0.6 is 9.24 Å². The molecule has 0 amide bonds. The third-order valence-electron chi connectivity index (χ3n) is 4.65. The van der Waals surface area contributed by atoms with E-state index in [1.54, 1.807) is 0 Å². The van der Waals surface area contributed by atoms with E-state index in [0.717, 1.165) is 24.7 Å². The second-order valence-corrected chi connectivity index (χ2v) is 7.24. The van der Waals surface area contributed by atoms with Crippen LogP contribution in [0.2, 0.25) is 0 Å². The van der Waals surface area contributed by atoms with Gasteiger partial charge in [0.05, 0.1) is 6.61 Å². The van der Waals surface area contributed by atoms with Gasteiger partial charge in [0.15, 0.2) is 6.29 Å². The summed E-state index contributed by atoms with van der Waals surface area (Å²) in [7, 11) is 2.88. The van der Waals surface area contributed by atoms with Gasteiger partial charge < -0.3 is 9.47 Å². The molecule has 0 aromatic heterocycles. The van der Waals surface area contributed by atoms with Crippen LogP contribution in [0.15, 0.2) is 24.3 Å². The molecule has 1 aromatic carbocycles. The summed E-state index contributed by atoms with van der Waals surface area (Å²) >= 11 is 0. The maximum Gasteiger partial charge on any atom is 0.196 e. The van der Waals surface area contributed by atoms with Gasteiger partial charge in [-0.2, -0.15) is 0 Å². The summed E-state index contributed by atoms with van der Waals surface area (Å²) in [6, 6.07) is 8.38. The Morgan fingerprint density at radius 2 is 1.82 bits per heavy atom. The van der Waals surface area contributed by atoms with Crippen LogP contribution < -0.4 is 4.74 Å². The maximum absolute atomic E-state index is 5.84. The molecule has 124 valence electrons. The van der Waals surface area contributed by atoms with Crippen molar-refractivity contribution in [2.75, 3.05) is 6.61 Å². The topological polar surface area (TPSA) is 18.5 Å². The van der Waals surface area contributed by atoms with E-state index in [1.165, 1.54) is 44.1 Å². The lowest BCUT2D eigenvalue weighted by molar-refractivity contribution is -0.0711. The third kappa shape index (κ3) is 5.89. The Morgan fingerprint density at radius 3 is 2.45 bits per heavy atom. The zero-order chi connectivity index (χ0) is 15.8. The van der Waals surface area contributed by atoms with Crippen molar-refractivity contribution in [3.05, 3.63) is 29.8 Å². The molecule has 0 spiro atoms.